The van der Waals surface area contributed by atoms with Crippen LogP contribution in [-0.2, 0) is 0 Å². The molecule has 0 aliphatic carbocycles. The Kier molecular flexibility index (Phi) is 6.22. The predicted octanol–water partition coefficient (Wildman–Crippen LogP) is 4.21. The van der Waals surface area contributed by atoms with Crippen molar-refractivity contribution in [2.45, 2.75) is 25.2 Å². The summed E-state index contributed by atoms with van der Waals surface area (Å²) in [6.07, 6.45) is -2.47. The van der Waals surface area contributed by atoms with E-state index >= 15 is 0 Å². The monoisotopic (exact) mass is 398 g/mol. The third-order valence-electron chi connectivity index (χ3n) is 4.26. The Bertz CT molecular complexity index is 758. The lowest BCUT2D eigenvalue weighted by Gasteiger charge is -2.25. The molecule has 146 valence electrons. The standard InChI is InChI=1S/C18H21F3N4OS/c19-18(20,21)26-15-7-2-1-6-13(15)24-17(22)23-12-14(16-8-5-11-27-16)25-9-3-4-10-25/h1-2,5-8,11,14H,3-4,9-10,12H2,(H3,22,23,24). The number of nitrogens with one attached hydrogen (secondary N) is 1. The summed E-state index contributed by atoms with van der Waals surface area (Å²) in [7, 11) is 0. The fourth-order valence-electron chi connectivity index (χ4n) is 3.07. The smallest absolute Gasteiger partial charge is 0.404 e. The quantitative estimate of drug-likeness (QED) is 0.565. The third kappa shape index (κ3) is 5.61. The Morgan fingerprint density at radius 3 is 2.63 bits per heavy atom. The predicted molar refractivity (Wildman–Crippen MR) is 101 cm³/mol. The van der Waals surface area contributed by atoms with Crippen molar-refractivity contribution in [2.24, 2.45) is 10.7 Å². The van der Waals surface area contributed by atoms with E-state index in [2.05, 4.69) is 26.0 Å². The van der Waals surface area contributed by atoms with Gasteiger partial charge in [-0.25, -0.2) is 0 Å². The number of likely N-dealkylation sites (tertiary alicyclic amines) is 1. The number of hydrogen-bond acceptors (Lipinski definition) is 4. The summed E-state index contributed by atoms with van der Waals surface area (Å²) in [4.78, 5) is 7.94. The van der Waals surface area contributed by atoms with Crippen LogP contribution in [0.5, 0.6) is 5.75 Å². The SMILES string of the molecule is NC(=NCC(c1cccs1)N1CCCC1)Nc1ccccc1OC(F)(F)F. The molecule has 0 radical (unpaired) electrons. The number of para-hydroxylation sites is 2. The van der Waals surface area contributed by atoms with Crippen molar-refractivity contribution in [3.63, 3.8) is 0 Å². The molecular formula is C18H21F3N4OS. The van der Waals surface area contributed by atoms with Gasteiger partial charge in [0.1, 0.15) is 0 Å². The van der Waals surface area contributed by atoms with E-state index < -0.39 is 6.36 Å². The molecule has 2 aromatic rings. The molecule has 0 amide bonds. The molecule has 0 bridgehead atoms. The summed E-state index contributed by atoms with van der Waals surface area (Å²) in [6.45, 7) is 2.45. The first kappa shape index (κ1) is 19.5. The summed E-state index contributed by atoms with van der Waals surface area (Å²) < 4.78 is 41.6. The molecule has 1 unspecified atom stereocenters. The molecule has 3 rings (SSSR count). The zero-order chi connectivity index (χ0) is 19.3. The number of guanidine groups is 1. The van der Waals surface area contributed by atoms with Gasteiger partial charge in [-0.3, -0.25) is 9.89 Å². The summed E-state index contributed by atoms with van der Waals surface area (Å²) in [5, 5.41) is 4.73. The lowest BCUT2D eigenvalue weighted by molar-refractivity contribution is -0.274. The number of benzene rings is 1. The molecule has 1 aliphatic rings. The number of ether oxygens (including phenoxy) is 1. The molecule has 1 aromatic carbocycles. The highest BCUT2D eigenvalue weighted by Gasteiger charge is 2.32. The molecular weight excluding hydrogens is 377 g/mol. The molecule has 1 atom stereocenters. The molecule has 27 heavy (non-hydrogen) atoms. The molecule has 1 aromatic heterocycles. The van der Waals surface area contributed by atoms with E-state index in [0.717, 1.165) is 25.9 Å². The van der Waals surface area contributed by atoms with Crippen molar-refractivity contribution in [2.75, 3.05) is 25.0 Å². The van der Waals surface area contributed by atoms with Gasteiger partial charge in [-0.05, 0) is 49.5 Å². The maximum atomic E-state index is 12.5. The van der Waals surface area contributed by atoms with Crippen molar-refractivity contribution in [1.82, 2.24) is 4.90 Å². The number of aliphatic imine (C=N–C) groups is 1. The first-order valence-electron chi connectivity index (χ1n) is 8.61. The Hall–Kier alpha value is -2.26. The zero-order valence-corrected chi connectivity index (χ0v) is 15.4. The Balaban J connectivity index is 1.70. The van der Waals surface area contributed by atoms with E-state index in [4.69, 9.17) is 5.73 Å². The van der Waals surface area contributed by atoms with Gasteiger partial charge in [0.2, 0.25) is 0 Å². The van der Waals surface area contributed by atoms with Crippen LogP contribution < -0.4 is 15.8 Å². The van der Waals surface area contributed by atoms with Crippen LogP contribution in [0.3, 0.4) is 0 Å². The van der Waals surface area contributed by atoms with Gasteiger partial charge in [0.15, 0.2) is 11.7 Å². The normalized spacial score (nSPS) is 17.1. The van der Waals surface area contributed by atoms with E-state index in [0.29, 0.717) is 6.54 Å². The molecule has 1 saturated heterocycles. The second-order valence-corrected chi connectivity index (χ2v) is 7.15. The topological polar surface area (TPSA) is 62.9 Å². The van der Waals surface area contributed by atoms with Crippen LogP contribution in [0.1, 0.15) is 23.8 Å². The average molecular weight is 398 g/mol. The lowest BCUT2D eigenvalue weighted by Crippen LogP contribution is -2.30. The number of rotatable bonds is 6. The summed E-state index contributed by atoms with van der Waals surface area (Å²) in [6, 6.07) is 9.92. The van der Waals surface area contributed by atoms with Crippen molar-refractivity contribution in [1.29, 1.82) is 0 Å². The highest BCUT2D eigenvalue weighted by Crippen LogP contribution is 2.30. The lowest BCUT2D eigenvalue weighted by atomic mass is 10.2. The third-order valence-corrected chi connectivity index (χ3v) is 5.24. The summed E-state index contributed by atoms with van der Waals surface area (Å²) >= 11 is 1.67. The van der Waals surface area contributed by atoms with Crippen LogP contribution >= 0.6 is 11.3 Å². The van der Waals surface area contributed by atoms with Crippen molar-refractivity contribution in [3.05, 3.63) is 46.7 Å². The Morgan fingerprint density at radius 2 is 1.96 bits per heavy atom. The zero-order valence-electron chi connectivity index (χ0n) is 14.6. The summed E-state index contributed by atoms with van der Waals surface area (Å²) in [5.74, 6) is -0.300. The largest absolute Gasteiger partial charge is 0.573 e. The molecule has 9 heteroatoms. The molecule has 0 spiro atoms. The van der Waals surface area contributed by atoms with Gasteiger partial charge in [0, 0.05) is 4.88 Å². The van der Waals surface area contributed by atoms with E-state index in [1.807, 2.05) is 11.4 Å². The number of nitrogens with zero attached hydrogens (tertiary/aromatic N) is 2. The Labute approximate surface area is 159 Å². The van der Waals surface area contributed by atoms with E-state index in [9.17, 15) is 13.2 Å². The first-order chi connectivity index (χ1) is 12.9. The number of nitrogens with two attached hydrogens (primary N) is 1. The maximum absolute atomic E-state index is 12.5. The molecule has 3 N–H and O–H groups in total. The van der Waals surface area contributed by atoms with E-state index in [1.165, 1.54) is 23.1 Å². The minimum absolute atomic E-state index is 0.0500. The minimum atomic E-state index is -4.77. The second-order valence-electron chi connectivity index (χ2n) is 6.17. The van der Waals surface area contributed by atoms with E-state index in [1.54, 1.807) is 17.4 Å². The molecule has 1 fully saturated rings. The van der Waals surface area contributed by atoms with Crippen LogP contribution in [-0.4, -0.2) is 36.9 Å². The fourth-order valence-corrected chi connectivity index (χ4v) is 3.92. The molecule has 0 saturated carbocycles. The molecule has 1 aliphatic heterocycles. The van der Waals surface area contributed by atoms with Crippen molar-refractivity contribution < 1.29 is 17.9 Å². The van der Waals surface area contributed by atoms with Gasteiger partial charge in [-0.2, -0.15) is 0 Å². The van der Waals surface area contributed by atoms with Crippen LogP contribution in [0.15, 0.2) is 46.8 Å². The highest BCUT2D eigenvalue weighted by molar-refractivity contribution is 7.10. The number of hydrogen-bond donors (Lipinski definition) is 2. The van der Waals surface area contributed by atoms with Gasteiger partial charge in [0.05, 0.1) is 18.3 Å². The van der Waals surface area contributed by atoms with Crippen molar-refractivity contribution >= 4 is 23.0 Å². The number of alkyl halides is 3. The van der Waals surface area contributed by atoms with Gasteiger partial charge in [-0.1, -0.05) is 18.2 Å². The molecule has 5 nitrogen and oxygen atoms in total. The first-order valence-corrected chi connectivity index (χ1v) is 9.49. The van der Waals surface area contributed by atoms with Crippen LogP contribution in [0.4, 0.5) is 18.9 Å². The van der Waals surface area contributed by atoms with Gasteiger partial charge in [0.25, 0.3) is 0 Å². The van der Waals surface area contributed by atoms with Crippen LogP contribution in [0.2, 0.25) is 0 Å². The number of halogens is 3. The van der Waals surface area contributed by atoms with Gasteiger partial charge in [-0.15, -0.1) is 24.5 Å². The fraction of sp³-hybridized carbons (Fsp3) is 0.389. The average Bonchev–Trinajstić information content (AvgIpc) is 3.30. The number of thiophene rings is 1. The van der Waals surface area contributed by atoms with Crippen molar-refractivity contribution in [3.8, 4) is 5.75 Å². The molecule has 2 heterocycles. The number of anilines is 1. The van der Waals surface area contributed by atoms with Crippen LogP contribution in [0.25, 0.3) is 0 Å². The highest BCUT2D eigenvalue weighted by atomic mass is 32.1. The van der Waals surface area contributed by atoms with E-state index in [-0.39, 0.29) is 23.4 Å². The van der Waals surface area contributed by atoms with Gasteiger partial charge < -0.3 is 15.8 Å². The summed E-state index contributed by atoms with van der Waals surface area (Å²) in [5.41, 5.74) is 6.04. The maximum Gasteiger partial charge on any atom is 0.573 e. The second kappa shape index (κ2) is 8.62. The van der Waals surface area contributed by atoms with Gasteiger partial charge >= 0.3 is 6.36 Å². The minimum Gasteiger partial charge on any atom is -0.404 e. The van der Waals surface area contributed by atoms with Crippen LogP contribution in [0, 0.1) is 0 Å². The Morgan fingerprint density at radius 1 is 1.22 bits per heavy atom.